The van der Waals surface area contributed by atoms with Crippen molar-refractivity contribution in [3.8, 4) is 28.5 Å². The zero-order valence-corrected chi connectivity index (χ0v) is 39.4. The second-order valence-electron chi connectivity index (χ2n) is 18.4. The topological polar surface area (TPSA) is 109 Å². The summed E-state index contributed by atoms with van der Waals surface area (Å²) in [5, 5.41) is 6.04. The number of ether oxygens (including phenoxy) is 1. The van der Waals surface area contributed by atoms with Crippen LogP contribution >= 0.6 is 0 Å². The number of amides is 1. The molecule has 1 fully saturated rings. The van der Waals surface area contributed by atoms with E-state index in [1.165, 1.54) is 44.1 Å². The van der Waals surface area contributed by atoms with Gasteiger partial charge < -0.3 is 39.6 Å². The molecule has 1 saturated heterocycles. The van der Waals surface area contributed by atoms with E-state index in [1.54, 1.807) is 0 Å². The molecule has 64 heavy (non-hydrogen) atoms. The van der Waals surface area contributed by atoms with Crippen molar-refractivity contribution in [2.24, 2.45) is 0 Å². The molecule has 0 bridgehead atoms. The van der Waals surface area contributed by atoms with Gasteiger partial charge in [0.1, 0.15) is 25.5 Å². The molecule has 0 radical (unpaired) electrons. The molecule has 330 valence electrons. The highest BCUT2D eigenvalue weighted by Crippen LogP contribution is 2.34. The summed E-state index contributed by atoms with van der Waals surface area (Å²) in [6.45, 7) is 10.3. The Hall–Kier alpha value is -6.37. The number of anilines is 3. The van der Waals surface area contributed by atoms with Crippen LogP contribution in [0.15, 0.2) is 103 Å². The van der Waals surface area contributed by atoms with E-state index in [1.807, 2.05) is 30.3 Å². The number of allylic oxidation sites excluding steroid dienone is 1. The minimum Gasteiger partial charge on any atom is -0.494 e. The van der Waals surface area contributed by atoms with Crippen LogP contribution < -0.4 is 35.1 Å². The first kappa shape index (κ1) is 42.9. The van der Waals surface area contributed by atoms with Crippen molar-refractivity contribution in [1.82, 2.24) is 30.2 Å². The summed E-state index contributed by atoms with van der Waals surface area (Å²) in [4.78, 5) is 39.0. The molecule has 2 aliphatic rings. The minimum absolute atomic E-state index is 0.0804. The van der Waals surface area contributed by atoms with Crippen LogP contribution in [0.2, 0.25) is 13.1 Å². The summed E-state index contributed by atoms with van der Waals surface area (Å²) in [6.07, 6.45) is 5.11. The van der Waals surface area contributed by atoms with Gasteiger partial charge in [-0.15, -0.1) is 0 Å². The summed E-state index contributed by atoms with van der Waals surface area (Å²) in [7, 11) is 8.61. The summed E-state index contributed by atoms with van der Waals surface area (Å²) in [5.74, 6) is 2.55. The molecule has 3 N–H and O–H groups in total. The number of nitrogens with one attached hydrogen (secondary N) is 3. The molecule has 5 aromatic carbocycles. The van der Waals surface area contributed by atoms with Crippen molar-refractivity contribution in [3.05, 3.63) is 114 Å². The van der Waals surface area contributed by atoms with Gasteiger partial charge in [-0.2, -0.15) is 0 Å². The lowest BCUT2D eigenvalue weighted by atomic mass is 9.94. The molecular weight excluding hydrogens is 811 g/mol. The number of hydrogen-bond donors (Lipinski definition) is 3. The maximum Gasteiger partial charge on any atom is 0.220 e. The first-order valence-electron chi connectivity index (χ1n) is 22.7. The lowest BCUT2D eigenvalue weighted by molar-refractivity contribution is -0.121. The fourth-order valence-corrected chi connectivity index (χ4v) is 12.2. The summed E-state index contributed by atoms with van der Waals surface area (Å²) < 4.78 is 6.07. The van der Waals surface area contributed by atoms with Gasteiger partial charge in [0.15, 0.2) is 0 Å². The third kappa shape index (κ3) is 8.89. The number of unbranched alkanes of at least 4 members (excludes halogenated alkanes) is 1. The quantitative estimate of drug-likeness (QED) is 0.0747. The Balaban J connectivity index is 0.750. The number of benzene rings is 5. The molecule has 0 spiro atoms. The van der Waals surface area contributed by atoms with Gasteiger partial charge in [-0.05, 0) is 138 Å². The SMILES string of the molecule is CN1CCN(c2ccc3nc(-c4ccc5nc(-c6ccc(OCCCCNC(=O)CCC=C7c8ccc(N(C)C)cc8[Si](C)(C)c8cc(N(C)C)ccc87)cc6)[nH]c5c4)[nH]c3c2)CC1. The van der Waals surface area contributed by atoms with E-state index in [9.17, 15) is 4.79 Å². The van der Waals surface area contributed by atoms with E-state index in [4.69, 9.17) is 14.7 Å². The molecular formula is C52H61N9O2Si. The number of carbonyl (C=O) groups excluding carboxylic acids is 1. The van der Waals surface area contributed by atoms with Crippen LogP contribution in [0.5, 0.6) is 5.75 Å². The molecule has 11 nitrogen and oxygen atoms in total. The molecule has 0 unspecified atom stereocenters. The Bertz CT molecular complexity index is 2770. The average Bonchev–Trinajstić information content (AvgIpc) is 3.93. The monoisotopic (exact) mass is 871 g/mol. The number of likely N-dealkylation sites (N-methyl/N-ethyl adjacent to an activating group) is 1. The number of hydrogen-bond acceptors (Lipinski definition) is 8. The van der Waals surface area contributed by atoms with Crippen LogP contribution in [0.1, 0.15) is 36.8 Å². The van der Waals surface area contributed by atoms with Gasteiger partial charge in [0.05, 0.1) is 28.7 Å². The predicted molar refractivity (Wildman–Crippen MR) is 269 cm³/mol. The van der Waals surface area contributed by atoms with Gasteiger partial charge in [-0.3, -0.25) is 4.79 Å². The molecule has 7 aromatic rings. The molecule has 0 aliphatic carbocycles. The van der Waals surface area contributed by atoms with Crippen LogP contribution in [0.25, 0.3) is 50.4 Å². The molecule has 9 rings (SSSR count). The van der Waals surface area contributed by atoms with Crippen molar-refractivity contribution in [1.29, 1.82) is 0 Å². The predicted octanol–water partition coefficient (Wildman–Crippen LogP) is 7.98. The molecule has 12 heteroatoms. The fourth-order valence-electron chi connectivity index (χ4n) is 9.11. The number of rotatable bonds is 14. The Kier molecular flexibility index (Phi) is 12.1. The van der Waals surface area contributed by atoms with Crippen LogP contribution in [0.4, 0.5) is 17.1 Å². The number of carbonyl (C=O) groups is 1. The largest absolute Gasteiger partial charge is 0.494 e. The van der Waals surface area contributed by atoms with E-state index in [2.05, 4.69) is 156 Å². The zero-order valence-electron chi connectivity index (χ0n) is 38.4. The minimum atomic E-state index is -1.97. The molecule has 1 amide bonds. The van der Waals surface area contributed by atoms with Gasteiger partial charge in [-0.25, -0.2) is 9.97 Å². The highest BCUT2D eigenvalue weighted by molar-refractivity contribution is 7.02. The maximum atomic E-state index is 13.0. The van der Waals surface area contributed by atoms with Crippen LogP contribution in [0.3, 0.4) is 0 Å². The van der Waals surface area contributed by atoms with Gasteiger partial charge in [0.25, 0.3) is 0 Å². The Morgan fingerprint density at radius 2 is 1.33 bits per heavy atom. The number of aromatic nitrogens is 4. The standard InChI is InChI=1S/C52H61N9O2Si/c1-58(2)37-16-21-42-41(43-22-17-38(59(3)4)34-49(43)64(6,7)48(42)33-37)11-10-12-50(62)53-25-8-9-30-63-40-19-13-35(14-20-40)51-54-44-23-15-36(31-46(44)56-51)52-55-45-24-18-39(32-47(45)57-52)61-28-26-60(5)27-29-61/h11,13-24,31-34H,8-10,12,25-30H2,1-7H3,(H,53,62)(H,54,56)(H,55,57). The Morgan fingerprint density at radius 3 is 1.97 bits per heavy atom. The van der Waals surface area contributed by atoms with Crippen molar-refractivity contribution in [2.45, 2.75) is 38.8 Å². The number of fused-ring (bicyclic) bond motifs is 4. The van der Waals surface area contributed by atoms with Gasteiger partial charge in [-0.1, -0.05) is 31.3 Å². The highest BCUT2D eigenvalue weighted by Gasteiger charge is 2.37. The smallest absolute Gasteiger partial charge is 0.220 e. The normalized spacial score (nSPS) is 14.7. The fraction of sp³-hybridized carbons (Fsp3) is 0.327. The number of imidazole rings is 2. The van der Waals surface area contributed by atoms with Crippen LogP contribution in [-0.4, -0.2) is 113 Å². The van der Waals surface area contributed by atoms with Gasteiger partial charge in [0, 0.05) is 95.5 Å². The summed E-state index contributed by atoms with van der Waals surface area (Å²) in [5.41, 5.74) is 13.4. The lowest BCUT2D eigenvalue weighted by Crippen LogP contribution is -2.58. The first-order valence-corrected chi connectivity index (χ1v) is 25.7. The van der Waals surface area contributed by atoms with Crippen LogP contribution in [0, 0.1) is 0 Å². The lowest BCUT2D eigenvalue weighted by Gasteiger charge is -2.36. The van der Waals surface area contributed by atoms with Crippen LogP contribution in [-0.2, 0) is 4.79 Å². The van der Waals surface area contributed by atoms with Gasteiger partial charge >= 0.3 is 0 Å². The number of aromatic amines is 2. The second-order valence-corrected chi connectivity index (χ2v) is 22.7. The summed E-state index contributed by atoms with van der Waals surface area (Å²) >= 11 is 0. The molecule has 4 heterocycles. The molecule has 0 atom stereocenters. The van der Waals surface area contributed by atoms with Gasteiger partial charge in [0.2, 0.25) is 5.91 Å². The van der Waals surface area contributed by atoms with Crippen molar-refractivity contribution < 1.29 is 9.53 Å². The van der Waals surface area contributed by atoms with E-state index in [0.29, 0.717) is 26.0 Å². The number of nitrogens with zero attached hydrogens (tertiary/aromatic N) is 6. The molecule has 2 aliphatic heterocycles. The maximum absolute atomic E-state index is 13.0. The van der Waals surface area contributed by atoms with E-state index >= 15 is 0 Å². The zero-order chi connectivity index (χ0) is 44.5. The van der Waals surface area contributed by atoms with Crippen molar-refractivity contribution >= 4 is 69.1 Å². The van der Waals surface area contributed by atoms with Crippen molar-refractivity contribution in [3.63, 3.8) is 0 Å². The van der Waals surface area contributed by atoms with E-state index in [-0.39, 0.29) is 5.91 Å². The third-order valence-corrected chi connectivity index (χ3v) is 16.6. The Labute approximate surface area is 378 Å². The molecule has 2 aromatic heterocycles. The third-order valence-electron chi connectivity index (χ3n) is 13.1. The Morgan fingerprint density at radius 1 is 0.734 bits per heavy atom. The number of piperazine rings is 1. The van der Waals surface area contributed by atoms with Crippen molar-refractivity contribution in [2.75, 3.05) is 89.3 Å². The molecule has 0 saturated carbocycles. The average molecular weight is 872 g/mol. The number of H-pyrrole nitrogens is 2. The second kappa shape index (κ2) is 18.0. The highest BCUT2D eigenvalue weighted by atomic mass is 28.3. The first-order chi connectivity index (χ1) is 30.9. The summed E-state index contributed by atoms with van der Waals surface area (Å²) in [6, 6.07) is 34.6. The van der Waals surface area contributed by atoms with E-state index in [0.717, 1.165) is 89.6 Å². The van der Waals surface area contributed by atoms with E-state index < -0.39 is 8.07 Å².